The highest BCUT2D eigenvalue weighted by molar-refractivity contribution is 5.73. The minimum atomic E-state index is 0.163. The third-order valence-electron chi connectivity index (χ3n) is 2.75. The molecule has 1 amide bonds. The van der Waals surface area contributed by atoms with E-state index in [4.69, 9.17) is 0 Å². The fourth-order valence-electron chi connectivity index (χ4n) is 1.95. The summed E-state index contributed by atoms with van der Waals surface area (Å²) in [5, 5.41) is 0. The molecule has 1 aliphatic heterocycles. The van der Waals surface area contributed by atoms with Crippen LogP contribution in [-0.2, 0) is 4.79 Å². The van der Waals surface area contributed by atoms with Gasteiger partial charge in [-0.05, 0) is 18.9 Å². The Hall–Kier alpha value is -1.31. The first-order chi connectivity index (χ1) is 7.04. The van der Waals surface area contributed by atoms with Crippen molar-refractivity contribution in [2.75, 3.05) is 13.1 Å². The second-order valence-corrected chi connectivity index (χ2v) is 4.15. The third kappa shape index (κ3) is 3.08. The van der Waals surface area contributed by atoms with E-state index in [0.717, 1.165) is 25.1 Å². The van der Waals surface area contributed by atoms with E-state index in [1.54, 1.807) is 6.92 Å². The van der Waals surface area contributed by atoms with Crippen molar-refractivity contribution in [2.45, 2.75) is 20.3 Å². The lowest BCUT2D eigenvalue weighted by molar-refractivity contribution is -0.127. The predicted molar refractivity (Wildman–Crippen MR) is 63.5 cm³/mol. The van der Waals surface area contributed by atoms with Crippen molar-refractivity contribution >= 4 is 5.91 Å². The second kappa shape index (κ2) is 4.96. The summed E-state index contributed by atoms with van der Waals surface area (Å²) < 4.78 is 0. The number of nitrogens with zero attached hydrogens (tertiary/aromatic N) is 1. The zero-order chi connectivity index (χ0) is 11.4. The van der Waals surface area contributed by atoms with Crippen molar-refractivity contribution in [1.29, 1.82) is 0 Å². The monoisotopic (exact) mass is 205 g/mol. The SMILES string of the molecule is C=C/C(=C\C(=C)C)C1CCN(C(C)=O)C1. The van der Waals surface area contributed by atoms with Crippen LogP contribution < -0.4 is 0 Å². The number of carbonyl (C=O) groups is 1. The summed E-state index contributed by atoms with van der Waals surface area (Å²) in [6, 6.07) is 0. The van der Waals surface area contributed by atoms with Crippen LogP contribution in [0.1, 0.15) is 20.3 Å². The molecule has 1 heterocycles. The van der Waals surface area contributed by atoms with Crippen molar-refractivity contribution in [3.63, 3.8) is 0 Å². The Morgan fingerprint density at radius 2 is 2.13 bits per heavy atom. The van der Waals surface area contributed by atoms with Gasteiger partial charge in [-0.1, -0.05) is 30.9 Å². The van der Waals surface area contributed by atoms with E-state index in [1.165, 1.54) is 5.57 Å². The van der Waals surface area contributed by atoms with Gasteiger partial charge in [-0.15, -0.1) is 0 Å². The van der Waals surface area contributed by atoms with Gasteiger partial charge in [0, 0.05) is 25.9 Å². The van der Waals surface area contributed by atoms with E-state index >= 15 is 0 Å². The Bertz CT molecular complexity index is 314. The van der Waals surface area contributed by atoms with Crippen molar-refractivity contribution in [1.82, 2.24) is 4.90 Å². The Balaban J connectivity index is 2.70. The molecule has 0 spiro atoms. The quantitative estimate of drug-likeness (QED) is 0.648. The molecule has 2 nitrogen and oxygen atoms in total. The van der Waals surface area contributed by atoms with Crippen molar-refractivity contribution in [3.8, 4) is 0 Å². The average molecular weight is 205 g/mol. The van der Waals surface area contributed by atoms with Gasteiger partial charge in [0.05, 0.1) is 0 Å². The number of hydrogen-bond donors (Lipinski definition) is 0. The van der Waals surface area contributed by atoms with Crippen LogP contribution in [0.15, 0.2) is 36.5 Å². The first-order valence-corrected chi connectivity index (χ1v) is 5.29. The zero-order valence-corrected chi connectivity index (χ0v) is 9.62. The standard InChI is InChI=1S/C13H19NO/c1-5-12(8-10(2)3)13-6-7-14(9-13)11(4)15/h5,8,13H,1-2,6-7,9H2,3-4H3/b12-8+. The van der Waals surface area contributed by atoms with Gasteiger partial charge in [-0.2, -0.15) is 0 Å². The molecular weight excluding hydrogens is 186 g/mol. The Morgan fingerprint density at radius 1 is 1.47 bits per heavy atom. The molecule has 1 unspecified atom stereocenters. The molecule has 15 heavy (non-hydrogen) atoms. The Kier molecular flexibility index (Phi) is 3.89. The predicted octanol–water partition coefficient (Wildman–Crippen LogP) is 2.54. The zero-order valence-electron chi connectivity index (χ0n) is 9.62. The molecule has 82 valence electrons. The van der Waals surface area contributed by atoms with Crippen LogP contribution in [0.5, 0.6) is 0 Å². The normalized spacial score (nSPS) is 21.6. The Morgan fingerprint density at radius 3 is 2.53 bits per heavy atom. The van der Waals surface area contributed by atoms with E-state index in [1.807, 2.05) is 17.9 Å². The molecule has 1 aliphatic rings. The smallest absolute Gasteiger partial charge is 0.219 e. The highest BCUT2D eigenvalue weighted by Crippen LogP contribution is 2.25. The molecule has 0 aliphatic carbocycles. The summed E-state index contributed by atoms with van der Waals surface area (Å²) in [4.78, 5) is 13.1. The van der Waals surface area contributed by atoms with Crippen LogP contribution >= 0.6 is 0 Å². The summed E-state index contributed by atoms with van der Waals surface area (Å²) in [5.41, 5.74) is 2.23. The van der Waals surface area contributed by atoms with E-state index in [-0.39, 0.29) is 5.91 Å². The first kappa shape index (κ1) is 11.8. The average Bonchev–Trinajstić information content (AvgIpc) is 2.62. The van der Waals surface area contributed by atoms with Crippen LogP contribution in [0.4, 0.5) is 0 Å². The summed E-state index contributed by atoms with van der Waals surface area (Å²) in [6.45, 7) is 13.0. The molecule has 0 radical (unpaired) electrons. The van der Waals surface area contributed by atoms with Gasteiger partial charge < -0.3 is 4.90 Å². The van der Waals surface area contributed by atoms with Crippen molar-refractivity contribution in [2.24, 2.45) is 5.92 Å². The largest absolute Gasteiger partial charge is 0.342 e. The summed E-state index contributed by atoms with van der Waals surface area (Å²) in [7, 11) is 0. The first-order valence-electron chi connectivity index (χ1n) is 5.29. The Labute approximate surface area is 92.0 Å². The van der Waals surface area contributed by atoms with Crippen molar-refractivity contribution in [3.05, 3.63) is 36.5 Å². The van der Waals surface area contributed by atoms with Crippen LogP contribution in [0.3, 0.4) is 0 Å². The number of rotatable bonds is 3. The number of hydrogen-bond acceptors (Lipinski definition) is 1. The molecule has 1 saturated heterocycles. The molecule has 0 bridgehead atoms. The molecule has 1 atom stereocenters. The maximum atomic E-state index is 11.2. The van der Waals surface area contributed by atoms with Gasteiger partial charge in [-0.25, -0.2) is 0 Å². The molecule has 0 saturated carbocycles. The van der Waals surface area contributed by atoms with Gasteiger partial charge in [0.15, 0.2) is 0 Å². The summed E-state index contributed by atoms with van der Waals surface area (Å²) in [6.07, 6.45) is 4.97. The third-order valence-corrected chi connectivity index (χ3v) is 2.75. The fraction of sp³-hybridized carbons (Fsp3) is 0.462. The lowest BCUT2D eigenvalue weighted by Gasteiger charge is -2.14. The van der Waals surface area contributed by atoms with Crippen molar-refractivity contribution < 1.29 is 4.79 Å². The highest BCUT2D eigenvalue weighted by atomic mass is 16.2. The molecule has 2 heteroatoms. The minimum Gasteiger partial charge on any atom is -0.342 e. The number of amides is 1. The maximum absolute atomic E-state index is 11.2. The van der Waals surface area contributed by atoms with E-state index in [9.17, 15) is 4.79 Å². The summed E-state index contributed by atoms with van der Waals surface area (Å²) in [5.74, 6) is 0.597. The van der Waals surface area contributed by atoms with Crippen LogP contribution in [0, 0.1) is 5.92 Å². The minimum absolute atomic E-state index is 0.163. The summed E-state index contributed by atoms with van der Waals surface area (Å²) >= 11 is 0. The van der Waals surface area contributed by atoms with E-state index < -0.39 is 0 Å². The number of likely N-dealkylation sites (tertiary alicyclic amines) is 1. The molecule has 1 fully saturated rings. The molecule has 0 aromatic heterocycles. The topological polar surface area (TPSA) is 20.3 Å². The van der Waals surface area contributed by atoms with Gasteiger partial charge in [0.2, 0.25) is 5.91 Å². The molecule has 0 aromatic carbocycles. The molecular formula is C13H19NO. The maximum Gasteiger partial charge on any atom is 0.219 e. The lowest BCUT2D eigenvalue weighted by atomic mass is 9.96. The van der Waals surface area contributed by atoms with E-state index in [0.29, 0.717) is 5.92 Å². The van der Waals surface area contributed by atoms with Crippen LogP contribution in [0.25, 0.3) is 0 Å². The molecule has 1 rings (SSSR count). The van der Waals surface area contributed by atoms with Gasteiger partial charge in [-0.3, -0.25) is 4.79 Å². The fourth-order valence-corrected chi connectivity index (χ4v) is 1.95. The van der Waals surface area contributed by atoms with Gasteiger partial charge in [0.1, 0.15) is 0 Å². The highest BCUT2D eigenvalue weighted by Gasteiger charge is 2.25. The van der Waals surface area contributed by atoms with Gasteiger partial charge in [0.25, 0.3) is 0 Å². The number of allylic oxidation sites excluding steroid dienone is 3. The van der Waals surface area contributed by atoms with Crippen LogP contribution in [-0.4, -0.2) is 23.9 Å². The molecule has 0 aromatic rings. The lowest BCUT2D eigenvalue weighted by Crippen LogP contribution is -2.25. The molecule has 0 N–H and O–H groups in total. The second-order valence-electron chi connectivity index (χ2n) is 4.15. The van der Waals surface area contributed by atoms with Gasteiger partial charge >= 0.3 is 0 Å². The van der Waals surface area contributed by atoms with Crippen LogP contribution in [0.2, 0.25) is 0 Å². The number of carbonyl (C=O) groups excluding carboxylic acids is 1. The van der Waals surface area contributed by atoms with E-state index in [2.05, 4.69) is 19.2 Å².